The minimum atomic E-state index is -3.05. The number of ether oxygens (including phenoxy) is 2. The Bertz CT molecular complexity index is 983. The minimum absolute atomic E-state index is 0.110. The number of morpholine rings is 1. The lowest BCUT2D eigenvalue weighted by molar-refractivity contribution is -0.0494. The number of nitrogen functional groups attached to an aromatic ring is 1. The molecule has 6 heterocycles. The van der Waals surface area contributed by atoms with Crippen molar-refractivity contribution in [3.8, 4) is 17.0 Å². The van der Waals surface area contributed by atoms with Crippen LogP contribution in [0.5, 0.6) is 5.75 Å². The second kappa shape index (κ2) is 8.23. The van der Waals surface area contributed by atoms with E-state index in [0.717, 1.165) is 12.8 Å². The van der Waals surface area contributed by atoms with Gasteiger partial charge in [0.1, 0.15) is 5.82 Å². The molecule has 0 saturated carbocycles. The van der Waals surface area contributed by atoms with Crippen LogP contribution >= 0.6 is 0 Å². The number of pyridine rings is 1. The molecule has 2 bridgehead atoms. The van der Waals surface area contributed by atoms with E-state index in [2.05, 4.69) is 24.6 Å². The maximum atomic E-state index is 13.0. The summed E-state index contributed by atoms with van der Waals surface area (Å²) < 4.78 is 61.7. The molecule has 4 saturated heterocycles. The van der Waals surface area contributed by atoms with Crippen LogP contribution in [0, 0.1) is 5.92 Å². The van der Waals surface area contributed by atoms with Gasteiger partial charge in [-0.25, -0.2) is 18.7 Å². The molecule has 0 unspecified atom stereocenters. The fourth-order valence-electron chi connectivity index (χ4n) is 4.31. The lowest BCUT2D eigenvalue weighted by Gasteiger charge is -2.46. The molecule has 0 amide bonds. The number of piperidine rings is 1. The number of fused-ring (bicyclic) bond motifs is 3. The molecule has 12 heteroatoms. The molecule has 4 fully saturated rings. The summed E-state index contributed by atoms with van der Waals surface area (Å²) >= 11 is 0. The van der Waals surface area contributed by atoms with Gasteiger partial charge in [0.25, 0.3) is 0 Å². The smallest absolute Gasteiger partial charge is 0.387 e. The molecule has 4 aliphatic rings. The van der Waals surface area contributed by atoms with E-state index in [-0.39, 0.29) is 36.8 Å². The molecule has 0 spiro atoms. The zero-order valence-corrected chi connectivity index (χ0v) is 17.0. The zero-order chi connectivity index (χ0) is 22.4. The van der Waals surface area contributed by atoms with Crippen molar-refractivity contribution in [3.05, 3.63) is 18.3 Å². The van der Waals surface area contributed by atoms with Crippen molar-refractivity contribution in [1.82, 2.24) is 15.0 Å². The van der Waals surface area contributed by atoms with E-state index in [9.17, 15) is 17.6 Å². The van der Waals surface area contributed by atoms with Crippen LogP contribution in [0.4, 0.5) is 35.1 Å². The summed E-state index contributed by atoms with van der Waals surface area (Å²) in [5.74, 6) is -0.209. The second-order valence-corrected chi connectivity index (χ2v) is 8.24. The van der Waals surface area contributed by atoms with Crippen LogP contribution in [0.15, 0.2) is 18.3 Å². The van der Waals surface area contributed by atoms with E-state index in [1.54, 1.807) is 11.0 Å². The average Bonchev–Trinajstić information content (AvgIpc) is 2.74. The quantitative estimate of drug-likeness (QED) is 0.667. The molecule has 2 aromatic heterocycles. The second-order valence-electron chi connectivity index (χ2n) is 8.24. The normalized spacial score (nSPS) is 23.2. The molecule has 8 nitrogen and oxygen atoms in total. The van der Waals surface area contributed by atoms with Gasteiger partial charge in [0.2, 0.25) is 12.4 Å². The van der Waals surface area contributed by atoms with Gasteiger partial charge in [-0.1, -0.05) is 0 Å². The third-order valence-electron chi connectivity index (χ3n) is 6.12. The van der Waals surface area contributed by atoms with E-state index >= 15 is 0 Å². The molecule has 0 aliphatic carbocycles. The highest BCUT2D eigenvalue weighted by Crippen LogP contribution is 2.35. The number of aromatic nitrogens is 3. The van der Waals surface area contributed by atoms with E-state index in [1.807, 2.05) is 0 Å². The summed E-state index contributed by atoms with van der Waals surface area (Å²) in [4.78, 5) is 16.9. The van der Waals surface area contributed by atoms with Gasteiger partial charge in [0.15, 0.2) is 11.6 Å². The molecule has 2 atom stereocenters. The Labute approximate surface area is 181 Å². The van der Waals surface area contributed by atoms with E-state index in [4.69, 9.17) is 10.5 Å². The van der Waals surface area contributed by atoms with Crippen molar-refractivity contribution in [2.45, 2.75) is 38.0 Å². The van der Waals surface area contributed by atoms with Gasteiger partial charge in [0, 0.05) is 37.5 Å². The standard InChI is InChI=1S/C20H22F4N6O2/c21-17(22)11-6-29(7-11)20-27-14(10-3-15(32-19(23)24)18(25)26-5-10)4-16(28-20)30-8-13-2-1-12(30)9-31-13/h3-5,11-13,17,19H,1-2,6-9H2,(H2,25,26)/t12-,13-/m0/s1. The van der Waals surface area contributed by atoms with Crippen molar-refractivity contribution < 1.29 is 27.0 Å². The Hall–Kier alpha value is -2.89. The van der Waals surface area contributed by atoms with Crippen LogP contribution in [0.3, 0.4) is 0 Å². The largest absolute Gasteiger partial charge is 0.431 e. The van der Waals surface area contributed by atoms with Crippen LogP contribution in [0.1, 0.15) is 12.8 Å². The maximum absolute atomic E-state index is 13.0. The predicted octanol–water partition coefficient (Wildman–Crippen LogP) is 2.79. The summed E-state index contributed by atoms with van der Waals surface area (Å²) in [5, 5.41) is 0. The molecule has 0 radical (unpaired) electrons. The van der Waals surface area contributed by atoms with E-state index in [0.29, 0.717) is 36.2 Å². The average molecular weight is 454 g/mol. The van der Waals surface area contributed by atoms with Gasteiger partial charge in [0.05, 0.1) is 30.4 Å². The molecule has 172 valence electrons. The minimum Gasteiger partial charge on any atom is -0.431 e. The number of rotatable bonds is 6. The molecule has 32 heavy (non-hydrogen) atoms. The van der Waals surface area contributed by atoms with Crippen LogP contribution in [-0.2, 0) is 4.74 Å². The van der Waals surface area contributed by atoms with Crippen LogP contribution in [0.25, 0.3) is 11.3 Å². The fraction of sp³-hybridized carbons (Fsp3) is 0.550. The number of hydrogen-bond donors (Lipinski definition) is 1. The zero-order valence-electron chi connectivity index (χ0n) is 17.0. The molecule has 0 aromatic carbocycles. The van der Waals surface area contributed by atoms with Crippen molar-refractivity contribution in [2.24, 2.45) is 5.92 Å². The molecule has 6 rings (SSSR count). The van der Waals surface area contributed by atoms with Gasteiger partial charge in [-0.05, 0) is 18.9 Å². The number of nitrogens with zero attached hydrogens (tertiary/aromatic N) is 5. The predicted molar refractivity (Wildman–Crippen MR) is 108 cm³/mol. The highest BCUT2D eigenvalue weighted by Gasteiger charge is 2.38. The lowest BCUT2D eigenvalue weighted by Crippen LogP contribution is -2.55. The van der Waals surface area contributed by atoms with Crippen LogP contribution < -0.4 is 20.3 Å². The Balaban J connectivity index is 1.51. The third kappa shape index (κ3) is 3.98. The third-order valence-corrected chi connectivity index (χ3v) is 6.12. The maximum Gasteiger partial charge on any atom is 0.387 e. The summed E-state index contributed by atoms with van der Waals surface area (Å²) in [6, 6.07) is 3.24. The lowest BCUT2D eigenvalue weighted by atomic mass is 9.97. The first-order chi connectivity index (χ1) is 15.4. The highest BCUT2D eigenvalue weighted by molar-refractivity contribution is 5.68. The van der Waals surface area contributed by atoms with Crippen molar-refractivity contribution in [2.75, 3.05) is 41.8 Å². The first kappa shape index (κ1) is 21.0. The van der Waals surface area contributed by atoms with Crippen molar-refractivity contribution >= 4 is 17.6 Å². The number of alkyl halides is 4. The van der Waals surface area contributed by atoms with Crippen molar-refractivity contribution in [3.63, 3.8) is 0 Å². The van der Waals surface area contributed by atoms with Gasteiger partial charge < -0.3 is 25.0 Å². The fourth-order valence-corrected chi connectivity index (χ4v) is 4.31. The Morgan fingerprint density at radius 3 is 2.53 bits per heavy atom. The Kier molecular flexibility index (Phi) is 5.39. The van der Waals surface area contributed by atoms with Crippen LogP contribution in [-0.4, -0.2) is 66.4 Å². The first-order valence-electron chi connectivity index (χ1n) is 10.4. The monoisotopic (exact) mass is 454 g/mol. The molecule has 2 aromatic rings. The Morgan fingerprint density at radius 2 is 1.91 bits per heavy atom. The molecular formula is C20H22F4N6O2. The molecular weight excluding hydrogens is 432 g/mol. The number of anilines is 3. The highest BCUT2D eigenvalue weighted by atomic mass is 19.3. The number of halogens is 4. The van der Waals surface area contributed by atoms with Gasteiger partial charge in [-0.3, -0.25) is 0 Å². The van der Waals surface area contributed by atoms with E-state index < -0.39 is 19.0 Å². The number of nitrogens with two attached hydrogens (primary N) is 1. The van der Waals surface area contributed by atoms with Crippen molar-refractivity contribution in [1.29, 1.82) is 0 Å². The molecule has 2 N–H and O–H groups in total. The Morgan fingerprint density at radius 1 is 1.09 bits per heavy atom. The SMILES string of the molecule is Nc1ncc(-c2cc(N3C[C@@H]4CC[C@H]3CO4)nc(N3CC(C(F)F)C3)n2)cc1OC(F)F. The summed E-state index contributed by atoms with van der Waals surface area (Å²) in [7, 11) is 0. The number of hydrogen-bond acceptors (Lipinski definition) is 8. The topological polar surface area (TPSA) is 89.6 Å². The van der Waals surface area contributed by atoms with Gasteiger partial charge >= 0.3 is 6.61 Å². The van der Waals surface area contributed by atoms with Gasteiger partial charge in [-0.2, -0.15) is 13.8 Å². The summed E-state index contributed by atoms with van der Waals surface area (Å²) in [6.45, 7) is -1.50. The van der Waals surface area contributed by atoms with Crippen LogP contribution in [0.2, 0.25) is 0 Å². The van der Waals surface area contributed by atoms with Gasteiger partial charge in [-0.15, -0.1) is 0 Å². The van der Waals surface area contributed by atoms with E-state index in [1.165, 1.54) is 12.3 Å². The molecule has 4 aliphatic heterocycles. The summed E-state index contributed by atoms with van der Waals surface area (Å²) in [5.41, 5.74) is 6.48. The first-order valence-corrected chi connectivity index (χ1v) is 10.4. The summed E-state index contributed by atoms with van der Waals surface area (Å²) in [6.07, 6.45) is 1.06.